The van der Waals surface area contributed by atoms with E-state index in [4.69, 9.17) is 16.3 Å². The second-order valence-corrected chi connectivity index (χ2v) is 6.05. The van der Waals surface area contributed by atoms with E-state index >= 15 is 0 Å². The number of hydrogen-bond donors (Lipinski definition) is 0. The molecule has 142 valence electrons. The molecule has 0 radical (unpaired) electrons. The van der Waals surface area contributed by atoms with Gasteiger partial charge < -0.3 is 4.74 Å². The molecular weight excluding hydrogens is 393 g/mol. The molecule has 0 fully saturated rings. The van der Waals surface area contributed by atoms with Crippen molar-refractivity contribution in [2.75, 3.05) is 0 Å². The molecule has 0 saturated heterocycles. The first-order valence-corrected chi connectivity index (χ1v) is 7.86. The largest absolute Gasteiger partial charge is 0.435 e. The average Bonchev–Trinajstić information content (AvgIpc) is 2.97. The van der Waals surface area contributed by atoms with Crippen LogP contribution in [0.1, 0.15) is 11.3 Å². The van der Waals surface area contributed by atoms with Crippen molar-refractivity contribution in [2.24, 2.45) is 7.05 Å². The fraction of sp³-hybridized carbons (Fsp3) is 0.176. The lowest BCUT2D eigenvalue weighted by atomic mass is 10.1. The van der Waals surface area contributed by atoms with Crippen LogP contribution >= 0.6 is 11.6 Å². The lowest BCUT2D eigenvalue weighted by Gasteiger charge is -2.11. The van der Waals surface area contributed by atoms with Crippen LogP contribution < -0.4 is 4.74 Å². The highest BCUT2D eigenvalue weighted by Gasteiger charge is 2.35. The van der Waals surface area contributed by atoms with E-state index in [2.05, 4.69) is 10.1 Å². The molecule has 4 nitrogen and oxygen atoms in total. The molecule has 0 aliphatic heterocycles. The molecule has 0 aliphatic rings. The number of ether oxygens (including phenoxy) is 1. The van der Waals surface area contributed by atoms with Gasteiger partial charge in [0.1, 0.15) is 5.69 Å². The maximum absolute atomic E-state index is 14.4. The first-order chi connectivity index (χ1) is 12.6. The summed E-state index contributed by atoms with van der Waals surface area (Å²) in [7, 11) is 1.19. The Morgan fingerprint density at radius 3 is 2.26 bits per heavy atom. The third-order valence-corrected chi connectivity index (χ3v) is 3.97. The number of alkyl halides is 3. The van der Waals surface area contributed by atoms with Crippen molar-refractivity contribution < 1.29 is 26.7 Å². The average molecular weight is 404 g/mol. The van der Waals surface area contributed by atoms with Crippen LogP contribution in [0.25, 0.3) is 11.3 Å². The molecule has 2 aromatic heterocycles. The highest BCUT2D eigenvalue weighted by atomic mass is 35.5. The number of hydrogen-bond acceptors (Lipinski definition) is 3. The molecule has 3 aromatic rings. The third-order valence-electron chi connectivity index (χ3n) is 3.71. The molecule has 0 saturated carbocycles. The van der Waals surface area contributed by atoms with Gasteiger partial charge >= 0.3 is 6.18 Å². The normalized spacial score (nSPS) is 11.7. The van der Waals surface area contributed by atoms with E-state index in [0.29, 0.717) is 16.7 Å². The van der Waals surface area contributed by atoms with Gasteiger partial charge in [0.15, 0.2) is 17.3 Å². The summed E-state index contributed by atoms with van der Waals surface area (Å²) in [5.74, 6) is -3.11. The number of pyridine rings is 1. The molecule has 0 amide bonds. The van der Waals surface area contributed by atoms with Crippen LogP contribution in [-0.2, 0) is 13.2 Å². The van der Waals surface area contributed by atoms with E-state index in [1.54, 1.807) is 0 Å². The Labute approximate surface area is 155 Å². The Morgan fingerprint density at radius 1 is 1.07 bits per heavy atom. The van der Waals surface area contributed by atoms with Gasteiger partial charge in [0.2, 0.25) is 5.88 Å². The van der Waals surface area contributed by atoms with Gasteiger partial charge in [0.25, 0.3) is 5.88 Å². The van der Waals surface area contributed by atoms with E-state index in [-0.39, 0.29) is 11.3 Å². The second-order valence-electron chi connectivity index (χ2n) is 5.62. The van der Waals surface area contributed by atoms with Gasteiger partial charge in [0.05, 0.1) is 0 Å². The zero-order valence-electron chi connectivity index (χ0n) is 13.9. The monoisotopic (exact) mass is 403 g/mol. The van der Waals surface area contributed by atoms with Crippen molar-refractivity contribution in [1.29, 1.82) is 0 Å². The number of halogens is 6. The quantitative estimate of drug-likeness (QED) is 0.539. The summed E-state index contributed by atoms with van der Waals surface area (Å²) in [4.78, 5) is 3.80. The number of aryl methyl sites for hydroxylation is 1. The summed E-state index contributed by atoms with van der Waals surface area (Å²) in [6.45, 7) is 1.17. The Kier molecular flexibility index (Phi) is 4.81. The standard InChI is InChI=1S/C17H11ClF5N3O/c1-8-13(19)15(9-3-5-10(18)6-4-9)24-16(14(8)20)27-12-7-11(17(21,22)23)25-26(12)2/h3-7H,1-2H3. The number of aromatic nitrogens is 3. The van der Waals surface area contributed by atoms with Gasteiger partial charge in [-0.05, 0) is 19.1 Å². The Balaban J connectivity index is 2.06. The van der Waals surface area contributed by atoms with E-state index in [1.807, 2.05) is 0 Å². The molecule has 0 N–H and O–H groups in total. The lowest BCUT2D eigenvalue weighted by molar-refractivity contribution is -0.141. The van der Waals surface area contributed by atoms with Crippen molar-refractivity contribution in [2.45, 2.75) is 13.1 Å². The summed E-state index contributed by atoms with van der Waals surface area (Å²) >= 11 is 5.79. The Hall–Kier alpha value is -2.68. The molecular formula is C17H11ClF5N3O. The first kappa shape index (κ1) is 19.1. The third kappa shape index (κ3) is 3.73. The molecule has 0 spiro atoms. The first-order valence-electron chi connectivity index (χ1n) is 7.48. The number of rotatable bonds is 3. The molecule has 3 rings (SSSR count). The molecule has 27 heavy (non-hydrogen) atoms. The smallest absolute Gasteiger partial charge is 0.418 e. The van der Waals surface area contributed by atoms with Crippen LogP contribution in [0.4, 0.5) is 22.0 Å². The van der Waals surface area contributed by atoms with Crippen LogP contribution in [0.2, 0.25) is 5.02 Å². The van der Waals surface area contributed by atoms with E-state index in [9.17, 15) is 22.0 Å². The van der Waals surface area contributed by atoms with Gasteiger partial charge in [-0.3, -0.25) is 0 Å². The zero-order chi connectivity index (χ0) is 19.9. The minimum atomic E-state index is -4.70. The summed E-state index contributed by atoms with van der Waals surface area (Å²) < 4.78 is 73.0. The highest BCUT2D eigenvalue weighted by Crippen LogP contribution is 2.34. The molecule has 1 aromatic carbocycles. The second kappa shape index (κ2) is 6.80. The Morgan fingerprint density at radius 2 is 1.70 bits per heavy atom. The van der Waals surface area contributed by atoms with Gasteiger partial charge in [0, 0.05) is 29.3 Å². The van der Waals surface area contributed by atoms with Crippen molar-refractivity contribution in [1.82, 2.24) is 14.8 Å². The fourth-order valence-corrected chi connectivity index (χ4v) is 2.41. The molecule has 0 aliphatic carbocycles. The van der Waals surface area contributed by atoms with Gasteiger partial charge in [-0.2, -0.15) is 18.3 Å². The van der Waals surface area contributed by atoms with Crippen molar-refractivity contribution >= 4 is 11.6 Å². The maximum atomic E-state index is 14.4. The molecule has 10 heteroatoms. The van der Waals surface area contributed by atoms with Crippen LogP contribution in [0.3, 0.4) is 0 Å². The van der Waals surface area contributed by atoms with Gasteiger partial charge in [-0.25, -0.2) is 18.4 Å². The highest BCUT2D eigenvalue weighted by molar-refractivity contribution is 6.30. The number of nitrogens with zero attached hydrogens (tertiary/aromatic N) is 3. The van der Waals surface area contributed by atoms with E-state index in [0.717, 1.165) is 4.68 Å². The predicted octanol–water partition coefficient (Wildman–Crippen LogP) is 5.53. The summed E-state index contributed by atoms with van der Waals surface area (Å²) in [5.41, 5.74) is -1.52. The summed E-state index contributed by atoms with van der Waals surface area (Å²) in [6.07, 6.45) is -4.70. The van der Waals surface area contributed by atoms with Crippen molar-refractivity contribution in [3.05, 3.63) is 58.2 Å². The molecule has 0 bridgehead atoms. The van der Waals surface area contributed by atoms with Crippen LogP contribution in [0.5, 0.6) is 11.8 Å². The van der Waals surface area contributed by atoms with Crippen LogP contribution in [0.15, 0.2) is 30.3 Å². The predicted molar refractivity (Wildman–Crippen MR) is 87.6 cm³/mol. The van der Waals surface area contributed by atoms with Crippen LogP contribution in [0, 0.1) is 18.6 Å². The summed E-state index contributed by atoms with van der Waals surface area (Å²) in [5, 5.41) is 3.67. The lowest BCUT2D eigenvalue weighted by Crippen LogP contribution is -2.06. The fourth-order valence-electron chi connectivity index (χ4n) is 2.28. The van der Waals surface area contributed by atoms with Gasteiger partial charge in [-0.15, -0.1) is 0 Å². The zero-order valence-corrected chi connectivity index (χ0v) is 14.7. The van der Waals surface area contributed by atoms with Crippen molar-refractivity contribution in [3.8, 4) is 23.0 Å². The molecule has 0 unspecified atom stereocenters. The minimum Gasteiger partial charge on any atom is -0.418 e. The molecule has 0 atom stereocenters. The molecule has 2 heterocycles. The van der Waals surface area contributed by atoms with E-state index < -0.39 is 35.3 Å². The topological polar surface area (TPSA) is 39.9 Å². The maximum Gasteiger partial charge on any atom is 0.435 e. The SMILES string of the molecule is Cc1c(F)c(Oc2cc(C(F)(F)F)nn2C)nc(-c2ccc(Cl)cc2)c1F. The minimum absolute atomic E-state index is 0.223. The summed E-state index contributed by atoms with van der Waals surface area (Å²) in [6, 6.07) is 6.53. The van der Waals surface area contributed by atoms with Gasteiger partial charge in [-0.1, -0.05) is 23.7 Å². The van der Waals surface area contributed by atoms with E-state index in [1.165, 1.54) is 38.2 Å². The number of benzene rings is 1. The Bertz CT molecular complexity index is 999. The van der Waals surface area contributed by atoms with Crippen molar-refractivity contribution in [3.63, 3.8) is 0 Å². The van der Waals surface area contributed by atoms with Crippen LogP contribution in [-0.4, -0.2) is 14.8 Å².